The minimum absolute atomic E-state index is 0.184. The molecule has 7 heteroatoms. The van der Waals surface area contributed by atoms with Gasteiger partial charge in [0.05, 0.1) is 0 Å². The predicted molar refractivity (Wildman–Crippen MR) is 80.0 cm³/mol. The van der Waals surface area contributed by atoms with Crippen LogP contribution in [-0.2, 0) is 11.0 Å². The van der Waals surface area contributed by atoms with Gasteiger partial charge in [0.2, 0.25) is 5.91 Å². The molecule has 0 radical (unpaired) electrons. The van der Waals surface area contributed by atoms with Crippen LogP contribution in [0.5, 0.6) is 0 Å². The van der Waals surface area contributed by atoms with Crippen molar-refractivity contribution in [3.63, 3.8) is 0 Å². The van der Waals surface area contributed by atoms with Crippen LogP contribution in [0.4, 0.5) is 18.9 Å². The van der Waals surface area contributed by atoms with Crippen LogP contribution in [0.25, 0.3) is 0 Å². The number of rotatable bonds is 3. The zero-order valence-corrected chi connectivity index (χ0v) is 13.0. The largest absolute Gasteiger partial charge is 0.433 e. The number of alkyl halides is 3. The number of carbonyl (C=O) groups is 1. The van der Waals surface area contributed by atoms with E-state index in [9.17, 15) is 18.0 Å². The maximum Gasteiger partial charge on any atom is 0.433 e. The molecular formula is C16H20F3N3O. The van der Waals surface area contributed by atoms with E-state index in [1.54, 1.807) is 6.07 Å². The molecule has 2 aliphatic rings. The van der Waals surface area contributed by atoms with Gasteiger partial charge in [-0.25, -0.2) is 0 Å². The fourth-order valence-electron chi connectivity index (χ4n) is 3.08. The summed E-state index contributed by atoms with van der Waals surface area (Å²) in [7, 11) is 1.84. The van der Waals surface area contributed by atoms with E-state index in [2.05, 4.69) is 4.98 Å². The molecule has 1 saturated carbocycles. The lowest BCUT2D eigenvalue weighted by Crippen LogP contribution is -2.46. The Labute approximate surface area is 133 Å². The summed E-state index contributed by atoms with van der Waals surface area (Å²) in [6.07, 6.45) is 0.300. The van der Waals surface area contributed by atoms with E-state index in [1.165, 1.54) is 6.20 Å². The molecule has 0 N–H and O–H groups in total. The SMILES string of the molecule is CN(C(=O)C1CC1)C1CCN(c2ccnc(C(F)(F)F)c2)CC1. The van der Waals surface area contributed by atoms with Gasteiger partial charge >= 0.3 is 6.18 Å². The number of carbonyl (C=O) groups excluding carboxylic acids is 1. The van der Waals surface area contributed by atoms with E-state index in [4.69, 9.17) is 0 Å². The fourth-order valence-corrected chi connectivity index (χ4v) is 3.08. The van der Waals surface area contributed by atoms with Crippen LogP contribution in [0.2, 0.25) is 0 Å². The first-order valence-corrected chi connectivity index (χ1v) is 7.91. The van der Waals surface area contributed by atoms with Crippen LogP contribution >= 0.6 is 0 Å². The Kier molecular flexibility index (Phi) is 4.21. The fraction of sp³-hybridized carbons (Fsp3) is 0.625. The van der Waals surface area contributed by atoms with Gasteiger partial charge in [0.1, 0.15) is 5.69 Å². The number of aromatic nitrogens is 1. The molecule has 1 aliphatic heterocycles. The highest BCUT2D eigenvalue weighted by Crippen LogP contribution is 2.33. The van der Waals surface area contributed by atoms with Gasteiger partial charge in [-0.05, 0) is 37.8 Å². The Morgan fingerprint density at radius 1 is 1.26 bits per heavy atom. The molecule has 23 heavy (non-hydrogen) atoms. The van der Waals surface area contributed by atoms with Gasteiger partial charge in [-0.2, -0.15) is 13.2 Å². The van der Waals surface area contributed by atoms with E-state index in [1.807, 2.05) is 16.8 Å². The molecule has 0 unspecified atom stereocenters. The van der Waals surface area contributed by atoms with Crippen molar-refractivity contribution in [1.29, 1.82) is 0 Å². The van der Waals surface area contributed by atoms with Crippen molar-refractivity contribution < 1.29 is 18.0 Å². The number of nitrogens with zero attached hydrogens (tertiary/aromatic N) is 3. The van der Waals surface area contributed by atoms with Crippen LogP contribution in [-0.4, -0.2) is 42.0 Å². The van der Waals surface area contributed by atoms with E-state index in [0.717, 1.165) is 31.7 Å². The smallest absolute Gasteiger partial charge is 0.371 e. The number of piperidine rings is 1. The minimum atomic E-state index is -4.43. The second-order valence-corrected chi connectivity index (χ2v) is 6.34. The molecule has 0 aromatic carbocycles. The van der Waals surface area contributed by atoms with E-state index in [0.29, 0.717) is 18.8 Å². The number of hydrogen-bond donors (Lipinski definition) is 0. The summed E-state index contributed by atoms with van der Waals surface area (Å²) in [5.41, 5.74) is -0.319. The zero-order chi connectivity index (χ0) is 16.6. The molecule has 1 amide bonds. The highest BCUT2D eigenvalue weighted by atomic mass is 19.4. The van der Waals surface area contributed by atoms with Crippen molar-refractivity contribution in [1.82, 2.24) is 9.88 Å². The number of halogens is 3. The Balaban J connectivity index is 1.61. The van der Waals surface area contributed by atoms with Crippen molar-refractivity contribution in [3.05, 3.63) is 24.0 Å². The summed E-state index contributed by atoms with van der Waals surface area (Å²) in [6, 6.07) is 2.89. The summed E-state index contributed by atoms with van der Waals surface area (Å²) in [4.78, 5) is 19.3. The normalized spacial score (nSPS) is 19.7. The molecular weight excluding hydrogens is 307 g/mol. The van der Waals surface area contributed by atoms with Crippen molar-refractivity contribution in [2.24, 2.45) is 5.92 Å². The van der Waals surface area contributed by atoms with Crippen molar-refractivity contribution in [2.75, 3.05) is 25.0 Å². The summed E-state index contributed by atoms with van der Waals surface area (Å²) in [5.74, 6) is 0.416. The third kappa shape index (κ3) is 3.59. The molecule has 0 bridgehead atoms. The molecule has 2 fully saturated rings. The van der Waals surface area contributed by atoms with Crippen LogP contribution in [0.1, 0.15) is 31.4 Å². The molecule has 4 nitrogen and oxygen atoms in total. The summed E-state index contributed by atoms with van der Waals surface area (Å²) in [5, 5.41) is 0. The molecule has 0 atom stereocenters. The Morgan fingerprint density at radius 3 is 2.48 bits per heavy atom. The minimum Gasteiger partial charge on any atom is -0.371 e. The molecule has 1 saturated heterocycles. The zero-order valence-electron chi connectivity index (χ0n) is 13.0. The second kappa shape index (κ2) is 6.02. The molecule has 0 spiro atoms. The van der Waals surface area contributed by atoms with Crippen LogP contribution in [0.15, 0.2) is 18.3 Å². The quantitative estimate of drug-likeness (QED) is 0.856. The first-order chi connectivity index (χ1) is 10.9. The Morgan fingerprint density at radius 2 is 1.91 bits per heavy atom. The Bertz CT molecular complexity index is 578. The second-order valence-electron chi connectivity index (χ2n) is 6.34. The number of amides is 1. The monoisotopic (exact) mass is 327 g/mol. The summed E-state index contributed by atoms with van der Waals surface area (Å²) >= 11 is 0. The molecule has 126 valence electrons. The van der Waals surface area contributed by atoms with E-state index in [-0.39, 0.29) is 17.9 Å². The maximum absolute atomic E-state index is 12.7. The van der Waals surface area contributed by atoms with E-state index >= 15 is 0 Å². The maximum atomic E-state index is 12.7. The average molecular weight is 327 g/mol. The lowest BCUT2D eigenvalue weighted by molar-refractivity contribution is -0.141. The van der Waals surface area contributed by atoms with Gasteiger partial charge in [-0.15, -0.1) is 0 Å². The summed E-state index contributed by atoms with van der Waals surface area (Å²) in [6.45, 7) is 1.29. The van der Waals surface area contributed by atoms with Gasteiger partial charge in [-0.1, -0.05) is 0 Å². The van der Waals surface area contributed by atoms with Crippen molar-refractivity contribution in [2.45, 2.75) is 37.9 Å². The first kappa shape index (κ1) is 16.1. The van der Waals surface area contributed by atoms with Gasteiger partial charge in [0.25, 0.3) is 0 Å². The highest BCUT2D eigenvalue weighted by Gasteiger charge is 2.36. The number of anilines is 1. The van der Waals surface area contributed by atoms with E-state index < -0.39 is 11.9 Å². The van der Waals surface area contributed by atoms with Crippen LogP contribution < -0.4 is 4.90 Å². The average Bonchev–Trinajstić information content (AvgIpc) is 3.38. The van der Waals surface area contributed by atoms with Crippen molar-refractivity contribution in [3.8, 4) is 0 Å². The predicted octanol–water partition coefficient (Wildman–Crippen LogP) is 2.94. The molecule has 1 aromatic heterocycles. The third-order valence-electron chi connectivity index (χ3n) is 4.69. The van der Waals surface area contributed by atoms with Gasteiger partial charge in [-0.3, -0.25) is 9.78 Å². The standard InChI is InChI=1S/C16H20F3N3O/c1-21(15(23)11-2-3-11)12-5-8-22(9-6-12)13-4-7-20-14(10-13)16(17,18)19/h4,7,10-12H,2-3,5-6,8-9H2,1H3. The van der Waals surface area contributed by atoms with Gasteiger partial charge in [0, 0.05) is 44.0 Å². The molecule has 1 aliphatic carbocycles. The van der Waals surface area contributed by atoms with Crippen LogP contribution in [0.3, 0.4) is 0 Å². The lowest BCUT2D eigenvalue weighted by Gasteiger charge is -2.38. The number of hydrogen-bond acceptors (Lipinski definition) is 3. The van der Waals surface area contributed by atoms with Crippen molar-refractivity contribution >= 4 is 11.6 Å². The molecule has 2 heterocycles. The molecule has 3 rings (SSSR count). The lowest BCUT2D eigenvalue weighted by atomic mass is 10.0. The summed E-state index contributed by atoms with van der Waals surface area (Å²) < 4.78 is 38.2. The molecule has 1 aromatic rings. The first-order valence-electron chi connectivity index (χ1n) is 7.91. The highest BCUT2D eigenvalue weighted by molar-refractivity contribution is 5.81. The van der Waals surface area contributed by atoms with Crippen LogP contribution in [0, 0.1) is 5.92 Å². The number of pyridine rings is 1. The van der Waals surface area contributed by atoms with Gasteiger partial charge < -0.3 is 9.80 Å². The third-order valence-corrected chi connectivity index (χ3v) is 4.69. The van der Waals surface area contributed by atoms with Gasteiger partial charge in [0.15, 0.2) is 0 Å². The Hall–Kier alpha value is -1.79. The topological polar surface area (TPSA) is 36.4 Å².